The summed E-state index contributed by atoms with van der Waals surface area (Å²) in [6.45, 7) is 0.415. The number of rotatable bonds is 3. The Hall–Kier alpha value is -1.76. The number of carbonyl (C=O) groups excluding carboxylic acids is 1. The number of thioether (sulfide) groups is 1. The first-order valence-electron chi connectivity index (χ1n) is 5.75. The zero-order valence-electron chi connectivity index (χ0n) is 10.4. The largest absolute Gasteiger partial charge is 0.480 e. The SMILES string of the molecule is COc1ncccc1C(=O)N1CCSCC1C(=O)O. The minimum atomic E-state index is -0.983. The number of nitrogens with zero attached hydrogens (tertiary/aromatic N) is 2. The Morgan fingerprint density at radius 1 is 1.58 bits per heavy atom. The van der Waals surface area contributed by atoms with Crippen molar-refractivity contribution in [3.63, 3.8) is 0 Å². The van der Waals surface area contributed by atoms with Gasteiger partial charge in [0.1, 0.15) is 11.6 Å². The fourth-order valence-electron chi connectivity index (χ4n) is 1.92. The monoisotopic (exact) mass is 282 g/mol. The summed E-state index contributed by atoms with van der Waals surface area (Å²) in [6, 6.07) is 2.43. The Labute approximate surface area is 114 Å². The van der Waals surface area contributed by atoms with Crippen molar-refractivity contribution in [2.45, 2.75) is 6.04 Å². The topological polar surface area (TPSA) is 79.7 Å². The number of ether oxygens (including phenoxy) is 1. The highest BCUT2D eigenvalue weighted by atomic mass is 32.2. The maximum absolute atomic E-state index is 12.4. The Morgan fingerprint density at radius 3 is 3.05 bits per heavy atom. The number of carboxylic acid groups (broad SMARTS) is 1. The first-order valence-corrected chi connectivity index (χ1v) is 6.91. The highest BCUT2D eigenvalue weighted by molar-refractivity contribution is 7.99. The third-order valence-corrected chi connectivity index (χ3v) is 3.89. The summed E-state index contributed by atoms with van der Waals surface area (Å²) in [5.74, 6) is 0.0257. The van der Waals surface area contributed by atoms with Crippen molar-refractivity contribution in [1.29, 1.82) is 0 Å². The molecule has 1 aromatic heterocycles. The number of hydrogen-bond acceptors (Lipinski definition) is 5. The van der Waals surface area contributed by atoms with E-state index in [-0.39, 0.29) is 11.8 Å². The number of methoxy groups -OCH3 is 1. The van der Waals surface area contributed by atoms with Crippen LogP contribution in [0, 0.1) is 0 Å². The van der Waals surface area contributed by atoms with Crippen molar-refractivity contribution in [1.82, 2.24) is 9.88 Å². The second kappa shape index (κ2) is 5.92. The van der Waals surface area contributed by atoms with Crippen molar-refractivity contribution in [2.75, 3.05) is 25.2 Å². The third kappa shape index (κ3) is 2.81. The van der Waals surface area contributed by atoms with E-state index in [0.717, 1.165) is 5.75 Å². The number of carboxylic acids is 1. The summed E-state index contributed by atoms with van der Waals surface area (Å²) in [5, 5.41) is 9.18. The average Bonchev–Trinajstić information content (AvgIpc) is 2.46. The first kappa shape index (κ1) is 13.7. The van der Waals surface area contributed by atoms with E-state index < -0.39 is 12.0 Å². The van der Waals surface area contributed by atoms with E-state index in [2.05, 4.69) is 4.98 Å². The van der Waals surface area contributed by atoms with Crippen LogP contribution in [0.1, 0.15) is 10.4 Å². The molecule has 19 heavy (non-hydrogen) atoms. The van der Waals surface area contributed by atoms with E-state index in [0.29, 0.717) is 17.9 Å². The molecule has 2 rings (SSSR count). The molecule has 7 heteroatoms. The summed E-state index contributed by atoms with van der Waals surface area (Å²) in [7, 11) is 1.43. The lowest BCUT2D eigenvalue weighted by molar-refractivity contribution is -0.141. The molecule has 1 aliphatic heterocycles. The van der Waals surface area contributed by atoms with E-state index in [1.807, 2.05) is 0 Å². The lowest BCUT2D eigenvalue weighted by atomic mass is 10.2. The van der Waals surface area contributed by atoms with Crippen LogP contribution < -0.4 is 4.74 Å². The Morgan fingerprint density at radius 2 is 2.37 bits per heavy atom. The number of aromatic nitrogens is 1. The predicted octanol–water partition coefficient (Wildman–Crippen LogP) is 0.732. The molecule has 1 aliphatic rings. The quantitative estimate of drug-likeness (QED) is 0.880. The van der Waals surface area contributed by atoms with Crippen LogP contribution >= 0.6 is 11.8 Å². The van der Waals surface area contributed by atoms with Gasteiger partial charge >= 0.3 is 5.97 Å². The fourth-order valence-corrected chi connectivity index (χ4v) is 2.96. The number of pyridine rings is 1. The highest BCUT2D eigenvalue weighted by Gasteiger charge is 2.34. The van der Waals surface area contributed by atoms with Gasteiger partial charge in [-0.25, -0.2) is 9.78 Å². The molecule has 0 aliphatic carbocycles. The van der Waals surface area contributed by atoms with Crippen LogP contribution in [0.3, 0.4) is 0 Å². The minimum absolute atomic E-state index is 0.217. The summed E-state index contributed by atoms with van der Waals surface area (Å²) in [5.41, 5.74) is 0.295. The Balaban J connectivity index is 2.29. The molecule has 1 N–H and O–H groups in total. The van der Waals surface area contributed by atoms with Gasteiger partial charge in [-0.05, 0) is 12.1 Å². The summed E-state index contributed by atoms with van der Waals surface area (Å²) in [4.78, 5) is 29.0. The van der Waals surface area contributed by atoms with Crippen LogP contribution in [-0.2, 0) is 4.79 Å². The molecule has 0 bridgehead atoms. The summed E-state index contributed by atoms with van der Waals surface area (Å²) < 4.78 is 5.04. The molecule has 1 atom stereocenters. The molecule has 1 saturated heterocycles. The van der Waals surface area contributed by atoms with Gasteiger partial charge in [0.15, 0.2) is 0 Å². The van der Waals surface area contributed by atoms with Gasteiger partial charge in [0.05, 0.1) is 7.11 Å². The van der Waals surface area contributed by atoms with Crippen molar-refractivity contribution in [3.8, 4) is 5.88 Å². The molecule has 1 amide bonds. The van der Waals surface area contributed by atoms with Crippen LogP contribution in [0.25, 0.3) is 0 Å². The van der Waals surface area contributed by atoms with Gasteiger partial charge in [-0.3, -0.25) is 4.79 Å². The van der Waals surface area contributed by atoms with E-state index in [1.54, 1.807) is 12.1 Å². The Kier molecular flexibility index (Phi) is 4.26. The van der Waals surface area contributed by atoms with Crippen molar-refractivity contribution >= 4 is 23.6 Å². The molecule has 0 spiro atoms. The van der Waals surface area contributed by atoms with E-state index in [1.165, 1.54) is 30.0 Å². The van der Waals surface area contributed by atoms with Gasteiger partial charge in [0.25, 0.3) is 5.91 Å². The van der Waals surface area contributed by atoms with Crippen LogP contribution in [0.15, 0.2) is 18.3 Å². The lowest BCUT2D eigenvalue weighted by Gasteiger charge is -2.32. The number of hydrogen-bond donors (Lipinski definition) is 1. The molecular weight excluding hydrogens is 268 g/mol. The zero-order valence-corrected chi connectivity index (χ0v) is 11.2. The molecule has 1 aromatic rings. The summed E-state index contributed by atoms with van der Waals surface area (Å²) in [6.07, 6.45) is 1.52. The van der Waals surface area contributed by atoms with Gasteiger partial charge in [0, 0.05) is 24.2 Å². The molecular formula is C12H14N2O4S. The van der Waals surface area contributed by atoms with Gasteiger partial charge in [-0.1, -0.05) is 0 Å². The van der Waals surface area contributed by atoms with Gasteiger partial charge in [-0.2, -0.15) is 11.8 Å². The van der Waals surface area contributed by atoms with Crippen LogP contribution in [-0.4, -0.2) is 58.1 Å². The van der Waals surface area contributed by atoms with Crippen molar-refractivity contribution in [3.05, 3.63) is 23.9 Å². The molecule has 2 heterocycles. The number of amides is 1. The van der Waals surface area contributed by atoms with Crippen LogP contribution in [0.5, 0.6) is 5.88 Å². The molecule has 102 valence electrons. The van der Waals surface area contributed by atoms with Crippen molar-refractivity contribution < 1.29 is 19.4 Å². The smallest absolute Gasteiger partial charge is 0.327 e. The maximum atomic E-state index is 12.4. The molecule has 0 aromatic carbocycles. The molecule has 0 radical (unpaired) electrons. The summed E-state index contributed by atoms with van der Waals surface area (Å²) >= 11 is 1.54. The van der Waals surface area contributed by atoms with Gasteiger partial charge in [0.2, 0.25) is 5.88 Å². The third-order valence-electron chi connectivity index (χ3n) is 2.87. The average molecular weight is 282 g/mol. The fraction of sp³-hybridized carbons (Fsp3) is 0.417. The normalized spacial score (nSPS) is 19.0. The van der Waals surface area contributed by atoms with Crippen LogP contribution in [0.2, 0.25) is 0 Å². The Bertz CT molecular complexity index is 494. The molecule has 0 saturated carbocycles. The number of aliphatic carboxylic acids is 1. The van der Waals surface area contributed by atoms with Gasteiger partial charge in [-0.15, -0.1) is 0 Å². The zero-order chi connectivity index (χ0) is 13.8. The number of carbonyl (C=O) groups is 2. The van der Waals surface area contributed by atoms with E-state index in [9.17, 15) is 14.7 Å². The van der Waals surface area contributed by atoms with E-state index in [4.69, 9.17) is 4.74 Å². The minimum Gasteiger partial charge on any atom is -0.480 e. The first-order chi connectivity index (χ1) is 9.15. The van der Waals surface area contributed by atoms with Crippen molar-refractivity contribution in [2.24, 2.45) is 0 Å². The standard InChI is InChI=1S/C12H14N2O4S/c1-18-10-8(3-2-4-13-10)11(15)14-5-6-19-7-9(14)12(16)17/h2-4,9H,5-7H2,1H3,(H,16,17). The second-order valence-electron chi connectivity index (χ2n) is 3.99. The molecule has 1 unspecified atom stereocenters. The van der Waals surface area contributed by atoms with Crippen LogP contribution in [0.4, 0.5) is 0 Å². The molecule has 1 fully saturated rings. The van der Waals surface area contributed by atoms with E-state index >= 15 is 0 Å². The maximum Gasteiger partial charge on any atom is 0.327 e. The highest BCUT2D eigenvalue weighted by Crippen LogP contribution is 2.22. The predicted molar refractivity (Wildman–Crippen MR) is 70.6 cm³/mol. The molecule has 6 nitrogen and oxygen atoms in total. The lowest BCUT2D eigenvalue weighted by Crippen LogP contribution is -2.50. The van der Waals surface area contributed by atoms with Gasteiger partial charge < -0.3 is 14.7 Å². The second-order valence-corrected chi connectivity index (χ2v) is 5.14.